The van der Waals surface area contributed by atoms with Crippen molar-refractivity contribution in [3.63, 3.8) is 0 Å². The van der Waals surface area contributed by atoms with Crippen LogP contribution in [0.15, 0.2) is 30.6 Å². The fourth-order valence-corrected chi connectivity index (χ4v) is 3.90. The number of imidazole rings is 2. The minimum atomic E-state index is -0.293. The molecular formula is C20H24FN5O. The van der Waals surface area contributed by atoms with Gasteiger partial charge in [-0.05, 0) is 38.0 Å². The molecule has 0 saturated carbocycles. The lowest BCUT2D eigenvalue weighted by atomic mass is 9.96. The third-order valence-corrected chi connectivity index (χ3v) is 5.30. The van der Waals surface area contributed by atoms with Crippen LogP contribution in [0.5, 0.6) is 0 Å². The number of halogens is 1. The zero-order chi connectivity index (χ0) is 18.8. The van der Waals surface area contributed by atoms with Gasteiger partial charge in [-0.15, -0.1) is 0 Å². The number of hydrogen-bond acceptors (Lipinski definition) is 3. The van der Waals surface area contributed by atoms with Crippen LogP contribution in [-0.4, -0.2) is 43.4 Å². The number of likely N-dealkylation sites (tertiary alicyclic amines) is 1. The standard InChI is InChI=1S/C20H24FN5O/c1-2-25-11-9-22-20(25)14-4-3-10-26(13-14)19(27)8-7-18-23-16-6-5-15(21)12-17(16)24-18/h5-6,9,11-12,14H,2-4,7-8,10,13H2,1H3,(H,23,24)/t14-/m1/s1. The molecule has 1 N–H and O–H groups in total. The summed E-state index contributed by atoms with van der Waals surface area (Å²) in [5.41, 5.74) is 1.39. The van der Waals surface area contributed by atoms with Crippen molar-refractivity contribution in [1.82, 2.24) is 24.4 Å². The molecule has 0 aliphatic carbocycles. The maximum Gasteiger partial charge on any atom is 0.223 e. The molecule has 3 heterocycles. The molecule has 142 valence electrons. The first-order chi connectivity index (χ1) is 13.1. The summed E-state index contributed by atoms with van der Waals surface area (Å²) in [6, 6.07) is 4.47. The predicted molar refractivity (Wildman–Crippen MR) is 101 cm³/mol. The first kappa shape index (κ1) is 17.7. The van der Waals surface area contributed by atoms with Gasteiger partial charge in [0.25, 0.3) is 0 Å². The van der Waals surface area contributed by atoms with Gasteiger partial charge in [-0.3, -0.25) is 4.79 Å². The van der Waals surface area contributed by atoms with E-state index in [0.717, 1.165) is 49.6 Å². The average molecular weight is 369 g/mol. The Bertz CT molecular complexity index is 947. The minimum absolute atomic E-state index is 0.140. The lowest BCUT2D eigenvalue weighted by Crippen LogP contribution is -2.39. The Morgan fingerprint density at radius 1 is 1.41 bits per heavy atom. The topological polar surface area (TPSA) is 66.8 Å². The van der Waals surface area contributed by atoms with Crippen molar-refractivity contribution in [3.05, 3.63) is 48.1 Å². The van der Waals surface area contributed by atoms with Crippen molar-refractivity contribution in [2.45, 2.75) is 45.1 Å². The van der Waals surface area contributed by atoms with Gasteiger partial charge in [-0.25, -0.2) is 14.4 Å². The van der Waals surface area contributed by atoms with Crippen LogP contribution in [0.3, 0.4) is 0 Å². The quantitative estimate of drug-likeness (QED) is 0.751. The number of carbonyl (C=O) groups excluding carboxylic acids is 1. The second-order valence-electron chi connectivity index (χ2n) is 7.10. The van der Waals surface area contributed by atoms with E-state index in [1.165, 1.54) is 12.1 Å². The van der Waals surface area contributed by atoms with E-state index >= 15 is 0 Å². The molecule has 3 aromatic rings. The summed E-state index contributed by atoms with van der Waals surface area (Å²) >= 11 is 0. The minimum Gasteiger partial charge on any atom is -0.342 e. The largest absolute Gasteiger partial charge is 0.342 e. The summed E-state index contributed by atoms with van der Waals surface area (Å²) in [4.78, 5) is 26.7. The molecular weight excluding hydrogens is 345 g/mol. The summed E-state index contributed by atoms with van der Waals surface area (Å²) in [6.45, 7) is 4.53. The number of nitrogens with one attached hydrogen (secondary N) is 1. The van der Waals surface area contributed by atoms with E-state index in [1.54, 1.807) is 6.07 Å². The number of rotatable bonds is 5. The van der Waals surface area contributed by atoms with Crippen LogP contribution < -0.4 is 0 Å². The summed E-state index contributed by atoms with van der Waals surface area (Å²) in [5.74, 6) is 1.94. The lowest BCUT2D eigenvalue weighted by Gasteiger charge is -2.32. The number of piperidine rings is 1. The monoisotopic (exact) mass is 369 g/mol. The Morgan fingerprint density at radius 2 is 2.30 bits per heavy atom. The fourth-order valence-electron chi connectivity index (χ4n) is 3.90. The summed E-state index contributed by atoms with van der Waals surface area (Å²) < 4.78 is 15.5. The Labute approximate surface area is 157 Å². The van der Waals surface area contributed by atoms with Gasteiger partial charge in [-0.2, -0.15) is 0 Å². The van der Waals surface area contributed by atoms with E-state index in [1.807, 2.05) is 17.3 Å². The Morgan fingerprint density at radius 3 is 3.15 bits per heavy atom. The van der Waals surface area contributed by atoms with Crippen LogP contribution in [0.1, 0.15) is 43.8 Å². The van der Waals surface area contributed by atoms with E-state index in [9.17, 15) is 9.18 Å². The Kier molecular flexibility index (Phi) is 4.92. The van der Waals surface area contributed by atoms with Crippen LogP contribution in [0.25, 0.3) is 11.0 Å². The van der Waals surface area contributed by atoms with E-state index in [-0.39, 0.29) is 11.7 Å². The summed E-state index contributed by atoms with van der Waals surface area (Å²) in [7, 11) is 0. The third kappa shape index (κ3) is 3.72. The van der Waals surface area contributed by atoms with Crippen molar-refractivity contribution >= 4 is 16.9 Å². The molecule has 1 atom stereocenters. The first-order valence-corrected chi connectivity index (χ1v) is 9.57. The molecule has 2 aromatic heterocycles. The molecule has 0 radical (unpaired) electrons. The molecule has 1 saturated heterocycles. The number of fused-ring (bicyclic) bond motifs is 1. The number of nitrogens with zero attached hydrogens (tertiary/aromatic N) is 4. The molecule has 1 aliphatic heterocycles. The second-order valence-corrected chi connectivity index (χ2v) is 7.10. The first-order valence-electron chi connectivity index (χ1n) is 9.57. The molecule has 7 heteroatoms. The van der Waals surface area contributed by atoms with E-state index < -0.39 is 0 Å². The number of hydrogen-bond donors (Lipinski definition) is 1. The number of amides is 1. The van der Waals surface area contributed by atoms with Crippen molar-refractivity contribution in [2.75, 3.05) is 13.1 Å². The molecule has 1 aliphatic rings. The van der Waals surface area contributed by atoms with E-state index in [0.29, 0.717) is 24.3 Å². The number of benzene rings is 1. The Hall–Kier alpha value is -2.70. The zero-order valence-electron chi connectivity index (χ0n) is 15.5. The van der Waals surface area contributed by atoms with Crippen LogP contribution in [-0.2, 0) is 17.8 Å². The highest BCUT2D eigenvalue weighted by molar-refractivity contribution is 5.77. The molecule has 6 nitrogen and oxygen atoms in total. The lowest BCUT2D eigenvalue weighted by molar-refractivity contribution is -0.132. The van der Waals surface area contributed by atoms with Crippen LogP contribution >= 0.6 is 0 Å². The predicted octanol–water partition coefficient (Wildman–Crippen LogP) is 3.26. The molecule has 1 amide bonds. The van der Waals surface area contributed by atoms with Crippen LogP contribution in [0.2, 0.25) is 0 Å². The Balaban J connectivity index is 1.38. The highest BCUT2D eigenvalue weighted by atomic mass is 19.1. The zero-order valence-corrected chi connectivity index (χ0v) is 15.5. The van der Waals surface area contributed by atoms with Crippen molar-refractivity contribution in [3.8, 4) is 0 Å². The maximum atomic E-state index is 13.3. The number of aromatic nitrogens is 4. The maximum absolute atomic E-state index is 13.3. The fraction of sp³-hybridized carbons (Fsp3) is 0.450. The van der Waals surface area contributed by atoms with Gasteiger partial charge in [-0.1, -0.05) is 0 Å². The van der Waals surface area contributed by atoms with Gasteiger partial charge in [0.15, 0.2) is 0 Å². The van der Waals surface area contributed by atoms with Crippen LogP contribution in [0, 0.1) is 5.82 Å². The highest BCUT2D eigenvalue weighted by Crippen LogP contribution is 2.26. The van der Waals surface area contributed by atoms with Gasteiger partial charge in [0, 0.05) is 50.8 Å². The molecule has 1 fully saturated rings. The number of aromatic amines is 1. The summed E-state index contributed by atoms with van der Waals surface area (Å²) in [6.07, 6.45) is 6.83. The van der Waals surface area contributed by atoms with Gasteiger partial charge in [0.05, 0.1) is 11.0 Å². The second kappa shape index (κ2) is 7.50. The van der Waals surface area contributed by atoms with Gasteiger partial charge in [0.1, 0.15) is 17.5 Å². The average Bonchev–Trinajstić information content (AvgIpc) is 3.32. The molecule has 4 rings (SSSR count). The third-order valence-electron chi connectivity index (χ3n) is 5.30. The smallest absolute Gasteiger partial charge is 0.223 e. The van der Waals surface area contributed by atoms with Crippen molar-refractivity contribution < 1.29 is 9.18 Å². The molecule has 1 aromatic carbocycles. The van der Waals surface area contributed by atoms with Crippen molar-refractivity contribution in [2.24, 2.45) is 0 Å². The van der Waals surface area contributed by atoms with Crippen molar-refractivity contribution in [1.29, 1.82) is 0 Å². The highest BCUT2D eigenvalue weighted by Gasteiger charge is 2.27. The van der Waals surface area contributed by atoms with E-state index in [2.05, 4.69) is 26.4 Å². The van der Waals surface area contributed by atoms with Crippen LogP contribution in [0.4, 0.5) is 4.39 Å². The normalized spacial score (nSPS) is 17.6. The van der Waals surface area contributed by atoms with Gasteiger partial charge in [0.2, 0.25) is 5.91 Å². The van der Waals surface area contributed by atoms with E-state index in [4.69, 9.17) is 0 Å². The molecule has 0 bridgehead atoms. The number of carbonyl (C=O) groups is 1. The molecule has 0 spiro atoms. The van der Waals surface area contributed by atoms with Gasteiger partial charge < -0.3 is 14.5 Å². The SMILES string of the molecule is CCn1ccnc1[C@@H]1CCCN(C(=O)CCc2nc3ccc(F)cc3[nH]2)C1. The van der Waals surface area contributed by atoms with Gasteiger partial charge >= 0.3 is 0 Å². The number of aryl methyl sites for hydroxylation is 2. The number of H-pyrrole nitrogens is 1. The summed E-state index contributed by atoms with van der Waals surface area (Å²) in [5, 5.41) is 0. The molecule has 27 heavy (non-hydrogen) atoms. The molecule has 0 unspecified atom stereocenters.